The van der Waals surface area contributed by atoms with Crippen molar-refractivity contribution >= 4 is 5.97 Å². The Kier molecular flexibility index (Phi) is 3.14. The lowest BCUT2D eigenvalue weighted by molar-refractivity contribution is -0.00578. The molecular weight excluding hydrogens is 194 g/mol. The third kappa shape index (κ3) is 2.26. The summed E-state index contributed by atoms with van der Waals surface area (Å²) in [4.78, 5) is 10.4. The smallest absolute Gasteiger partial charge is 0.335 e. The maximum Gasteiger partial charge on any atom is 0.335 e. The standard InChI is InChI=1S/C9H8F2O3/c10-8(11)7(12)5-1-3-6(4-2-5)9(13)14/h1-4,7-8,12H,(H,13,14)/t7-/m0/s1. The molecule has 0 amide bonds. The molecule has 1 aromatic rings. The van der Waals surface area contributed by atoms with Gasteiger partial charge in [0, 0.05) is 0 Å². The van der Waals surface area contributed by atoms with E-state index in [1.807, 2.05) is 0 Å². The fraction of sp³-hybridized carbons (Fsp3) is 0.222. The largest absolute Gasteiger partial charge is 0.478 e. The molecule has 0 aliphatic rings. The third-order valence-electron chi connectivity index (χ3n) is 1.74. The number of carboxylic acid groups (broad SMARTS) is 1. The molecule has 0 aromatic heterocycles. The molecule has 1 aromatic carbocycles. The summed E-state index contributed by atoms with van der Waals surface area (Å²) in [5, 5.41) is 17.4. The molecule has 76 valence electrons. The lowest BCUT2D eigenvalue weighted by Gasteiger charge is -2.09. The van der Waals surface area contributed by atoms with Crippen molar-refractivity contribution in [2.75, 3.05) is 0 Å². The van der Waals surface area contributed by atoms with Gasteiger partial charge >= 0.3 is 5.97 Å². The molecule has 0 unspecified atom stereocenters. The number of carbonyl (C=O) groups is 1. The quantitative estimate of drug-likeness (QED) is 0.784. The molecule has 0 heterocycles. The molecule has 14 heavy (non-hydrogen) atoms. The number of carboxylic acids is 1. The molecule has 0 bridgehead atoms. The van der Waals surface area contributed by atoms with Crippen LogP contribution in [0.15, 0.2) is 24.3 Å². The van der Waals surface area contributed by atoms with E-state index in [1.54, 1.807) is 0 Å². The maximum absolute atomic E-state index is 12.0. The number of hydrogen-bond donors (Lipinski definition) is 2. The topological polar surface area (TPSA) is 57.5 Å². The first-order valence-electron chi connectivity index (χ1n) is 3.82. The van der Waals surface area contributed by atoms with Gasteiger partial charge in [-0.3, -0.25) is 0 Å². The van der Waals surface area contributed by atoms with Gasteiger partial charge in [-0.2, -0.15) is 0 Å². The monoisotopic (exact) mass is 202 g/mol. The van der Waals surface area contributed by atoms with Crippen LogP contribution in [-0.2, 0) is 0 Å². The normalized spacial score (nSPS) is 12.9. The van der Waals surface area contributed by atoms with Crippen LogP contribution in [0.2, 0.25) is 0 Å². The van der Waals surface area contributed by atoms with Crippen molar-refractivity contribution in [1.82, 2.24) is 0 Å². The molecule has 0 aliphatic heterocycles. The number of halogens is 2. The summed E-state index contributed by atoms with van der Waals surface area (Å²) in [6, 6.07) is 4.67. The van der Waals surface area contributed by atoms with Crippen LogP contribution >= 0.6 is 0 Å². The van der Waals surface area contributed by atoms with Gasteiger partial charge < -0.3 is 10.2 Å². The van der Waals surface area contributed by atoms with Crippen LogP contribution in [0, 0.1) is 0 Å². The second-order valence-electron chi connectivity index (χ2n) is 2.71. The van der Waals surface area contributed by atoms with Crippen molar-refractivity contribution in [2.45, 2.75) is 12.5 Å². The van der Waals surface area contributed by atoms with Crippen molar-refractivity contribution in [3.8, 4) is 0 Å². The summed E-state index contributed by atoms with van der Waals surface area (Å²) in [6.45, 7) is 0. The van der Waals surface area contributed by atoms with Gasteiger partial charge in [0.25, 0.3) is 6.43 Å². The van der Waals surface area contributed by atoms with Crippen molar-refractivity contribution < 1.29 is 23.8 Å². The highest BCUT2D eigenvalue weighted by Crippen LogP contribution is 2.20. The highest BCUT2D eigenvalue weighted by molar-refractivity contribution is 5.87. The lowest BCUT2D eigenvalue weighted by atomic mass is 10.1. The van der Waals surface area contributed by atoms with Gasteiger partial charge in [0.15, 0.2) is 0 Å². The second kappa shape index (κ2) is 4.15. The number of rotatable bonds is 3. The zero-order valence-corrected chi connectivity index (χ0v) is 7.02. The predicted octanol–water partition coefficient (Wildman–Crippen LogP) is 1.68. The zero-order chi connectivity index (χ0) is 10.7. The molecular formula is C9H8F2O3. The summed E-state index contributed by atoms with van der Waals surface area (Å²) in [5.41, 5.74) is 0.000200. The molecule has 1 atom stereocenters. The Morgan fingerprint density at radius 3 is 2.07 bits per heavy atom. The first kappa shape index (κ1) is 10.6. The van der Waals surface area contributed by atoms with E-state index in [9.17, 15) is 13.6 Å². The minimum atomic E-state index is -2.87. The summed E-state index contributed by atoms with van der Waals surface area (Å²) in [6.07, 6.45) is -4.73. The summed E-state index contributed by atoms with van der Waals surface area (Å²) < 4.78 is 24.0. The van der Waals surface area contributed by atoms with E-state index in [-0.39, 0.29) is 11.1 Å². The first-order valence-corrected chi connectivity index (χ1v) is 3.82. The maximum atomic E-state index is 12.0. The van der Waals surface area contributed by atoms with Crippen LogP contribution in [0.5, 0.6) is 0 Å². The lowest BCUT2D eigenvalue weighted by Crippen LogP contribution is -2.08. The highest BCUT2D eigenvalue weighted by Gasteiger charge is 2.18. The molecule has 5 heteroatoms. The Morgan fingerprint density at radius 2 is 1.71 bits per heavy atom. The molecule has 0 spiro atoms. The van der Waals surface area contributed by atoms with Crippen molar-refractivity contribution in [2.24, 2.45) is 0 Å². The average molecular weight is 202 g/mol. The van der Waals surface area contributed by atoms with Gasteiger partial charge in [-0.25, -0.2) is 13.6 Å². The molecule has 0 radical (unpaired) electrons. The number of aromatic carboxylic acids is 1. The molecule has 3 nitrogen and oxygen atoms in total. The molecule has 0 saturated carbocycles. The Balaban J connectivity index is 2.88. The molecule has 1 rings (SSSR count). The number of alkyl halides is 2. The predicted molar refractivity (Wildman–Crippen MR) is 44.4 cm³/mol. The Morgan fingerprint density at radius 1 is 1.21 bits per heavy atom. The Bertz CT molecular complexity index is 321. The van der Waals surface area contributed by atoms with Crippen LogP contribution in [0.25, 0.3) is 0 Å². The molecule has 0 aliphatic carbocycles. The van der Waals surface area contributed by atoms with Crippen LogP contribution in [0.4, 0.5) is 8.78 Å². The summed E-state index contributed by atoms with van der Waals surface area (Å²) >= 11 is 0. The zero-order valence-electron chi connectivity index (χ0n) is 7.02. The highest BCUT2D eigenvalue weighted by atomic mass is 19.3. The average Bonchev–Trinajstić information content (AvgIpc) is 2.16. The minimum Gasteiger partial charge on any atom is -0.478 e. The number of benzene rings is 1. The van der Waals surface area contributed by atoms with E-state index in [1.165, 1.54) is 24.3 Å². The van der Waals surface area contributed by atoms with Gasteiger partial charge in [-0.15, -0.1) is 0 Å². The van der Waals surface area contributed by atoms with Crippen molar-refractivity contribution in [1.29, 1.82) is 0 Å². The van der Waals surface area contributed by atoms with Gasteiger partial charge in [0.2, 0.25) is 0 Å². The van der Waals surface area contributed by atoms with Gasteiger partial charge in [-0.1, -0.05) is 12.1 Å². The van der Waals surface area contributed by atoms with E-state index in [0.29, 0.717) is 0 Å². The van der Waals surface area contributed by atoms with Crippen LogP contribution in [0.1, 0.15) is 22.0 Å². The number of hydrogen-bond acceptors (Lipinski definition) is 2. The number of aliphatic hydroxyl groups is 1. The minimum absolute atomic E-state index is 0.00443. The van der Waals surface area contributed by atoms with Crippen molar-refractivity contribution in [3.05, 3.63) is 35.4 Å². The summed E-state index contributed by atoms with van der Waals surface area (Å²) in [5.74, 6) is -1.14. The third-order valence-corrected chi connectivity index (χ3v) is 1.74. The summed E-state index contributed by atoms with van der Waals surface area (Å²) in [7, 11) is 0. The Labute approximate surface area is 78.6 Å². The van der Waals surface area contributed by atoms with E-state index >= 15 is 0 Å². The van der Waals surface area contributed by atoms with Gasteiger partial charge in [0.1, 0.15) is 6.10 Å². The van der Waals surface area contributed by atoms with Crippen LogP contribution in [-0.4, -0.2) is 22.6 Å². The molecule has 0 fully saturated rings. The van der Waals surface area contributed by atoms with E-state index in [4.69, 9.17) is 10.2 Å². The fourth-order valence-corrected chi connectivity index (χ4v) is 0.968. The first-order chi connectivity index (χ1) is 6.52. The molecule has 0 saturated heterocycles. The van der Waals surface area contributed by atoms with Gasteiger partial charge in [0.05, 0.1) is 5.56 Å². The van der Waals surface area contributed by atoms with Crippen LogP contribution in [0.3, 0.4) is 0 Å². The van der Waals surface area contributed by atoms with E-state index in [0.717, 1.165) is 0 Å². The fourth-order valence-electron chi connectivity index (χ4n) is 0.968. The second-order valence-corrected chi connectivity index (χ2v) is 2.71. The Hall–Kier alpha value is -1.49. The van der Waals surface area contributed by atoms with E-state index < -0.39 is 18.5 Å². The van der Waals surface area contributed by atoms with Crippen LogP contribution < -0.4 is 0 Å². The van der Waals surface area contributed by atoms with E-state index in [2.05, 4.69) is 0 Å². The number of aliphatic hydroxyl groups excluding tert-OH is 1. The molecule has 2 N–H and O–H groups in total. The van der Waals surface area contributed by atoms with Gasteiger partial charge in [-0.05, 0) is 17.7 Å². The van der Waals surface area contributed by atoms with Crippen molar-refractivity contribution in [3.63, 3.8) is 0 Å². The SMILES string of the molecule is O=C(O)c1ccc([C@H](O)C(F)F)cc1.